The lowest BCUT2D eigenvalue weighted by Gasteiger charge is -2.35. The average Bonchev–Trinajstić information content (AvgIpc) is 3.38. The highest BCUT2D eigenvalue weighted by atomic mass is 32.2. The lowest BCUT2D eigenvalue weighted by atomic mass is 10.0. The van der Waals surface area contributed by atoms with E-state index in [2.05, 4.69) is 26.9 Å². The van der Waals surface area contributed by atoms with Crippen LogP contribution in [0.3, 0.4) is 0 Å². The lowest BCUT2D eigenvalue weighted by Crippen LogP contribution is -2.47. The molecule has 2 aliphatic rings. The van der Waals surface area contributed by atoms with E-state index >= 15 is 0 Å². The van der Waals surface area contributed by atoms with E-state index in [1.165, 1.54) is 12.1 Å². The number of ether oxygens (including phenoxy) is 1. The first kappa shape index (κ1) is 24.8. The van der Waals surface area contributed by atoms with Crippen molar-refractivity contribution in [2.75, 3.05) is 52.9 Å². The molecule has 0 spiro atoms. The summed E-state index contributed by atoms with van der Waals surface area (Å²) in [7, 11) is -1.62. The van der Waals surface area contributed by atoms with Crippen molar-refractivity contribution in [1.29, 1.82) is 0 Å². The van der Waals surface area contributed by atoms with E-state index < -0.39 is 10.0 Å². The summed E-state index contributed by atoms with van der Waals surface area (Å²) < 4.78 is 33.7. The second-order valence-electron chi connectivity index (χ2n) is 9.06. The third-order valence-corrected chi connectivity index (χ3v) is 7.90. The van der Waals surface area contributed by atoms with Crippen LogP contribution < -0.4 is 10.0 Å². The molecule has 2 heterocycles. The molecule has 34 heavy (non-hydrogen) atoms. The molecule has 2 unspecified atom stereocenters. The van der Waals surface area contributed by atoms with Gasteiger partial charge in [-0.2, -0.15) is 0 Å². The molecular formula is C25H34N4O4S. The van der Waals surface area contributed by atoms with Gasteiger partial charge in [0.25, 0.3) is 5.91 Å². The number of carbonyl (C=O) groups excluding carboxylic acids is 1. The highest BCUT2D eigenvalue weighted by Gasteiger charge is 2.24. The fraction of sp³-hybridized carbons (Fsp3) is 0.480. The zero-order chi connectivity index (χ0) is 24.0. The summed E-state index contributed by atoms with van der Waals surface area (Å²) in [5, 5.41) is 3.13. The van der Waals surface area contributed by atoms with Crippen LogP contribution in [0.1, 0.15) is 34.8 Å². The van der Waals surface area contributed by atoms with Gasteiger partial charge in [-0.1, -0.05) is 36.4 Å². The van der Waals surface area contributed by atoms with Gasteiger partial charge in [0.15, 0.2) is 0 Å². The minimum absolute atomic E-state index is 0.0773. The van der Waals surface area contributed by atoms with Crippen molar-refractivity contribution >= 4 is 15.9 Å². The molecule has 4 rings (SSSR count). The summed E-state index contributed by atoms with van der Waals surface area (Å²) in [5.41, 5.74) is 1.34. The van der Waals surface area contributed by atoms with E-state index in [1.54, 1.807) is 12.1 Å². The van der Waals surface area contributed by atoms with Gasteiger partial charge in [-0.05, 0) is 43.7 Å². The first-order chi connectivity index (χ1) is 16.4. The maximum Gasteiger partial charge on any atom is 0.251 e. The van der Waals surface area contributed by atoms with E-state index in [0.29, 0.717) is 18.7 Å². The molecule has 0 aliphatic carbocycles. The van der Waals surface area contributed by atoms with Crippen LogP contribution in [0.25, 0.3) is 0 Å². The standard InChI is InChI=1S/C25H34N4O4S/c1-28-12-14-29(15-13-28)19-24(20-7-3-2-4-8-20)27-25(30)21-9-5-11-23(17-21)34(31,32)26-18-22-10-6-16-33-22/h2-5,7-9,11,17,22,24,26H,6,10,12-16,18-19H2,1H3,(H,27,30). The molecule has 2 fully saturated rings. The molecule has 2 aliphatic heterocycles. The molecule has 0 aromatic heterocycles. The number of hydrogen-bond donors (Lipinski definition) is 2. The van der Waals surface area contributed by atoms with Gasteiger partial charge in [0.1, 0.15) is 0 Å². The first-order valence-electron chi connectivity index (χ1n) is 11.9. The molecule has 0 bridgehead atoms. The predicted octanol–water partition coefficient (Wildman–Crippen LogP) is 1.86. The molecular weight excluding hydrogens is 452 g/mol. The Hall–Kier alpha value is -2.30. The molecule has 2 saturated heterocycles. The Morgan fingerprint density at radius 1 is 1.09 bits per heavy atom. The van der Waals surface area contributed by atoms with E-state index in [0.717, 1.165) is 44.6 Å². The zero-order valence-electron chi connectivity index (χ0n) is 19.7. The van der Waals surface area contributed by atoms with Gasteiger partial charge in [0.05, 0.1) is 17.0 Å². The van der Waals surface area contributed by atoms with Crippen molar-refractivity contribution < 1.29 is 17.9 Å². The molecule has 9 heteroatoms. The number of benzene rings is 2. The fourth-order valence-corrected chi connectivity index (χ4v) is 5.46. The predicted molar refractivity (Wildman–Crippen MR) is 131 cm³/mol. The summed E-state index contributed by atoms with van der Waals surface area (Å²) in [4.78, 5) is 17.9. The Kier molecular flexibility index (Phi) is 8.33. The van der Waals surface area contributed by atoms with Crippen molar-refractivity contribution in [3.8, 4) is 0 Å². The van der Waals surface area contributed by atoms with Crippen LogP contribution in [0.2, 0.25) is 0 Å². The highest BCUT2D eigenvalue weighted by Crippen LogP contribution is 2.18. The van der Waals surface area contributed by atoms with Crippen molar-refractivity contribution in [3.05, 3.63) is 65.7 Å². The molecule has 8 nitrogen and oxygen atoms in total. The Balaban J connectivity index is 1.45. The Morgan fingerprint density at radius 3 is 2.56 bits per heavy atom. The highest BCUT2D eigenvalue weighted by molar-refractivity contribution is 7.89. The molecule has 2 aromatic rings. The monoisotopic (exact) mass is 486 g/mol. The number of hydrogen-bond acceptors (Lipinski definition) is 6. The second-order valence-corrected chi connectivity index (χ2v) is 10.8. The topological polar surface area (TPSA) is 91.0 Å². The van der Waals surface area contributed by atoms with Crippen LogP contribution in [-0.4, -0.2) is 83.2 Å². The summed E-state index contributed by atoms with van der Waals surface area (Å²) in [6.45, 7) is 5.48. The lowest BCUT2D eigenvalue weighted by molar-refractivity contribution is 0.0907. The summed E-state index contributed by atoms with van der Waals surface area (Å²) in [5.74, 6) is -0.292. The molecule has 2 aromatic carbocycles. The number of nitrogens with zero attached hydrogens (tertiary/aromatic N) is 2. The minimum Gasteiger partial charge on any atom is -0.377 e. The molecule has 0 radical (unpaired) electrons. The number of rotatable bonds is 9. The first-order valence-corrected chi connectivity index (χ1v) is 13.4. The SMILES string of the molecule is CN1CCN(CC(NC(=O)c2cccc(S(=O)(=O)NCC3CCCO3)c2)c2ccccc2)CC1. The van der Waals surface area contributed by atoms with Gasteiger partial charge < -0.3 is 15.0 Å². The number of piperazine rings is 1. The summed E-state index contributed by atoms with van der Waals surface area (Å²) in [6.07, 6.45) is 1.69. The maximum atomic E-state index is 13.2. The summed E-state index contributed by atoms with van der Waals surface area (Å²) >= 11 is 0. The number of nitrogens with one attached hydrogen (secondary N) is 2. The van der Waals surface area contributed by atoms with Crippen LogP contribution in [0.15, 0.2) is 59.5 Å². The zero-order valence-corrected chi connectivity index (χ0v) is 20.5. The van der Waals surface area contributed by atoms with Crippen LogP contribution in [0, 0.1) is 0 Å². The van der Waals surface area contributed by atoms with Gasteiger partial charge in [-0.15, -0.1) is 0 Å². The van der Waals surface area contributed by atoms with E-state index in [1.807, 2.05) is 30.3 Å². The largest absolute Gasteiger partial charge is 0.377 e. The van der Waals surface area contributed by atoms with Crippen LogP contribution in [0.5, 0.6) is 0 Å². The maximum absolute atomic E-state index is 13.2. The van der Waals surface area contributed by atoms with E-state index in [9.17, 15) is 13.2 Å². The molecule has 2 N–H and O–H groups in total. The molecule has 0 saturated carbocycles. The fourth-order valence-electron chi connectivity index (χ4n) is 4.35. The van der Waals surface area contributed by atoms with Crippen molar-refractivity contribution in [3.63, 3.8) is 0 Å². The number of likely N-dealkylation sites (N-methyl/N-ethyl adjacent to an activating group) is 1. The van der Waals surface area contributed by atoms with Crippen molar-refractivity contribution in [1.82, 2.24) is 19.8 Å². The number of sulfonamides is 1. The third kappa shape index (κ3) is 6.64. The Bertz CT molecular complexity index is 1050. The molecule has 1 amide bonds. The van der Waals surface area contributed by atoms with Crippen molar-refractivity contribution in [2.45, 2.75) is 29.9 Å². The normalized spacial score (nSPS) is 20.8. The Morgan fingerprint density at radius 2 is 1.85 bits per heavy atom. The van der Waals surface area contributed by atoms with E-state index in [4.69, 9.17) is 4.74 Å². The average molecular weight is 487 g/mol. The molecule has 184 valence electrons. The molecule has 2 atom stereocenters. The van der Waals surface area contributed by atoms with Crippen LogP contribution in [0.4, 0.5) is 0 Å². The smallest absolute Gasteiger partial charge is 0.251 e. The quantitative estimate of drug-likeness (QED) is 0.562. The van der Waals surface area contributed by atoms with Gasteiger partial charge in [0, 0.05) is 51.4 Å². The van der Waals surface area contributed by atoms with E-state index in [-0.39, 0.29) is 29.5 Å². The minimum atomic E-state index is -3.74. The van der Waals surface area contributed by atoms with Gasteiger partial charge in [-0.3, -0.25) is 9.69 Å². The second kappa shape index (κ2) is 11.4. The third-order valence-electron chi connectivity index (χ3n) is 6.48. The van der Waals surface area contributed by atoms with Crippen LogP contribution in [-0.2, 0) is 14.8 Å². The summed E-state index contributed by atoms with van der Waals surface area (Å²) in [6, 6.07) is 15.9. The number of amides is 1. The van der Waals surface area contributed by atoms with Gasteiger partial charge >= 0.3 is 0 Å². The van der Waals surface area contributed by atoms with Crippen LogP contribution >= 0.6 is 0 Å². The number of carbonyl (C=O) groups is 1. The van der Waals surface area contributed by atoms with Crippen molar-refractivity contribution in [2.24, 2.45) is 0 Å². The van der Waals surface area contributed by atoms with Gasteiger partial charge in [-0.25, -0.2) is 13.1 Å². The van der Waals surface area contributed by atoms with Gasteiger partial charge in [0.2, 0.25) is 10.0 Å². The Labute approximate surface area is 202 Å².